The lowest BCUT2D eigenvalue weighted by Gasteiger charge is -2.30. The van der Waals surface area contributed by atoms with E-state index in [4.69, 9.17) is 4.74 Å². The Hall–Kier alpha value is -2.59. The van der Waals surface area contributed by atoms with E-state index >= 15 is 0 Å². The Bertz CT molecular complexity index is 821. The van der Waals surface area contributed by atoms with E-state index in [1.807, 2.05) is 61.2 Å². The van der Waals surface area contributed by atoms with Crippen molar-refractivity contribution in [2.75, 3.05) is 13.1 Å². The highest BCUT2D eigenvalue weighted by atomic mass is 16.5. The Morgan fingerprint density at radius 2 is 1.85 bits per heavy atom. The van der Waals surface area contributed by atoms with Gasteiger partial charge in [0.25, 0.3) is 5.91 Å². The number of carbonyl (C=O) groups is 1. The van der Waals surface area contributed by atoms with Gasteiger partial charge in [-0.2, -0.15) is 0 Å². The molecule has 1 N–H and O–H groups in total. The van der Waals surface area contributed by atoms with Crippen molar-refractivity contribution < 1.29 is 14.6 Å². The minimum atomic E-state index is -0.296. The molecule has 0 radical (unpaired) electrons. The minimum Gasteiger partial charge on any atom is -0.488 e. The number of aryl methyl sites for hydroxylation is 1. The van der Waals surface area contributed by atoms with E-state index in [1.54, 1.807) is 0 Å². The smallest absolute Gasteiger partial charge is 0.254 e. The molecule has 3 rings (SSSR count). The number of aliphatic hydroxyl groups is 1. The van der Waals surface area contributed by atoms with Crippen LogP contribution in [0.3, 0.4) is 0 Å². The first-order valence-corrected chi connectivity index (χ1v) is 9.40. The third kappa shape index (κ3) is 4.58. The predicted octanol–water partition coefficient (Wildman–Crippen LogP) is 4.20. The molecule has 1 aliphatic heterocycles. The number of allylic oxidation sites excluding steroid dienone is 1. The van der Waals surface area contributed by atoms with Gasteiger partial charge < -0.3 is 14.7 Å². The molecule has 2 aromatic carbocycles. The number of rotatable bonds is 5. The lowest BCUT2D eigenvalue weighted by molar-refractivity contribution is 0.0546. The molecule has 0 bridgehead atoms. The van der Waals surface area contributed by atoms with Gasteiger partial charge in [0.05, 0.1) is 6.10 Å². The SMILES string of the molecule is C=C(C)c1cc(C(=O)N2CCC(O)CC2)c(C)cc1OCc1ccccc1. The van der Waals surface area contributed by atoms with Crippen LogP contribution in [0.25, 0.3) is 5.57 Å². The number of aliphatic hydroxyl groups excluding tert-OH is 1. The van der Waals surface area contributed by atoms with Crippen molar-refractivity contribution in [3.8, 4) is 5.75 Å². The van der Waals surface area contributed by atoms with Gasteiger partial charge in [0.1, 0.15) is 12.4 Å². The zero-order chi connectivity index (χ0) is 19.4. The summed E-state index contributed by atoms with van der Waals surface area (Å²) in [5.74, 6) is 0.756. The van der Waals surface area contributed by atoms with Gasteiger partial charge in [0.2, 0.25) is 0 Å². The summed E-state index contributed by atoms with van der Waals surface area (Å²) in [6.45, 7) is 9.56. The van der Waals surface area contributed by atoms with Crippen LogP contribution in [-0.2, 0) is 6.61 Å². The summed E-state index contributed by atoms with van der Waals surface area (Å²) in [5.41, 5.74) is 4.38. The van der Waals surface area contributed by atoms with Crippen molar-refractivity contribution in [3.63, 3.8) is 0 Å². The van der Waals surface area contributed by atoms with E-state index in [2.05, 4.69) is 6.58 Å². The van der Waals surface area contributed by atoms with Crippen LogP contribution in [0.5, 0.6) is 5.75 Å². The molecule has 0 aliphatic carbocycles. The molecule has 27 heavy (non-hydrogen) atoms. The number of likely N-dealkylation sites (tertiary alicyclic amines) is 1. The van der Waals surface area contributed by atoms with Gasteiger partial charge in [-0.3, -0.25) is 4.79 Å². The molecule has 0 aromatic heterocycles. The average Bonchev–Trinajstić information content (AvgIpc) is 2.67. The van der Waals surface area contributed by atoms with Crippen molar-refractivity contribution in [1.82, 2.24) is 4.90 Å². The molecule has 1 saturated heterocycles. The number of ether oxygens (including phenoxy) is 1. The lowest BCUT2D eigenvalue weighted by atomic mass is 9.98. The summed E-state index contributed by atoms with van der Waals surface area (Å²) >= 11 is 0. The highest BCUT2D eigenvalue weighted by Crippen LogP contribution is 2.30. The predicted molar refractivity (Wildman–Crippen MR) is 108 cm³/mol. The second kappa shape index (κ2) is 8.40. The number of piperidine rings is 1. The Kier molecular flexibility index (Phi) is 5.97. The fourth-order valence-electron chi connectivity index (χ4n) is 3.34. The Labute approximate surface area is 161 Å². The lowest BCUT2D eigenvalue weighted by Crippen LogP contribution is -2.40. The third-order valence-electron chi connectivity index (χ3n) is 5.01. The maximum absolute atomic E-state index is 13.0. The van der Waals surface area contributed by atoms with E-state index in [9.17, 15) is 9.90 Å². The van der Waals surface area contributed by atoms with Crippen LogP contribution in [0.1, 0.15) is 46.8 Å². The molecular formula is C23H27NO3. The number of hydrogen-bond donors (Lipinski definition) is 1. The second-order valence-electron chi connectivity index (χ2n) is 7.24. The molecule has 1 aliphatic rings. The number of nitrogens with zero attached hydrogens (tertiary/aromatic N) is 1. The maximum Gasteiger partial charge on any atom is 0.254 e. The largest absolute Gasteiger partial charge is 0.488 e. The summed E-state index contributed by atoms with van der Waals surface area (Å²) < 4.78 is 6.04. The standard InChI is InChI=1S/C23H27NO3/c1-16(2)20-14-21(23(26)24-11-9-19(25)10-12-24)17(3)13-22(20)27-15-18-7-5-4-6-8-18/h4-8,13-14,19,25H,1,9-12,15H2,2-3H3. The first-order chi connectivity index (χ1) is 13.0. The molecule has 1 fully saturated rings. The summed E-state index contributed by atoms with van der Waals surface area (Å²) in [5, 5.41) is 9.67. The van der Waals surface area contributed by atoms with E-state index in [0.717, 1.165) is 28.0 Å². The molecule has 4 nitrogen and oxygen atoms in total. The first kappa shape index (κ1) is 19.2. The third-order valence-corrected chi connectivity index (χ3v) is 5.01. The average molecular weight is 365 g/mol. The summed E-state index contributed by atoms with van der Waals surface area (Å²) in [6.07, 6.45) is 0.974. The first-order valence-electron chi connectivity index (χ1n) is 9.40. The van der Waals surface area contributed by atoms with Crippen LogP contribution >= 0.6 is 0 Å². The van der Waals surface area contributed by atoms with Crippen LogP contribution in [0.15, 0.2) is 49.0 Å². The van der Waals surface area contributed by atoms with Gasteiger partial charge in [-0.1, -0.05) is 36.9 Å². The van der Waals surface area contributed by atoms with Gasteiger partial charge in [0.15, 0.2) is 0 Å². The van der Waals surface area contributed by atoms with Crippen LogP contribution < -0.4 is 4.74 Å². The summed E-state index contributed by atoms with van der Waals surface area (Å²) in [4.78, 5) is 14.8. The number of benzene rings is 2. The molecule has 1 amide bonds. The highest BCUT2D eigenvalue weighted by Gasteiger charge is 2.24. The van der Waals surface area contributed by atoms with Gasteiger partial charge in [0, 0.05) is 24.2 Å². The van der Waals surface area contributed by atoms with Crippen molar-refractivity contribution in [3.05, 3.63) is 71.3 Å². The zero-order valence-electron chi connectivity index (χ0n) is 16.1. The molecular weight excluding hydrogens is 338 g/mol. The summed E-state index contributed by atoms with van der Waals surface area (Å²) in [7, 11) is 0. The number of hydrogen-bond acceptors (Lipinski definition) is 3. The van der Waals surface area contributed by atoms with E-state index < -0.39 is 0 Å². The van der Waals surface area contributed by atoms with E-state index in [0.29, 0.717) is 38.1 Å². The molecule has 0 atom stereocenters. The summed E-state index contributed by atoms with van der Waals surface area (Å²) in [6, 6.07) is 13.8. The molecule has 142 valence electrons. The van der Waals surface area contributed by atoms with Gasteiger partial charge >= 0.3 is 0 Å². The van der Waals surface area contributed by atoms with Crippen LogP contribution in [0.4, 0.5) is 0 Å². The fraction of sp³-hybridized carbons (Fsp3) is 0.348. The monoisotopic (exact) mass is 365 g/mol. The molecule has 0 saturated carbocycles. The Morgan fingerprint density at radius 3 is 2.48 bits per heavy atom. The van der Waals surface area contributed by atoms with Gasteiger partial charge in [-0.25, -0.2) is 0 Å². The quantitative estimate of drug-likeness (QED) is 0.864. The normalized spacial score (nSPS) is 14.9. The maximum atomic E-state index is 13.0. The number of amides is 1. The van der Waals surface area contributed by atoms with Crippen LogP contribution in [-0.4, -0.2) is 35.1 Å². The van der Waals surface area contributed by atoms with E-state index in [-0.39, 0.29) is 12.0 Å². The number of carbonyl (C=O) groups excluding carboxylic acids is 1. The molecule has 4 heteroatoms. The molecule has 1 heterocycles. The fourth-order valence-corrected chi connectivity index (χ4v) is 3.34. The van der Waals surface area contributed by atoms with Crippen molar-refractivity contribution in [2.24, 2.45) is 0 Å². The Balaban J connectivity index is 1.83. The van der Waals surface area contributed by atoms with Crippen LogP contribution in [0.2, 0.25) is 0 Å². The van der Waals surface area contributed by atoms with Crippen molar-refractivity contribution in [2.45, 2.75) is 39.4 Å². The minimum absolute atomic E-state index is 0.0107. The zero-order valence-corrected chi connectivity index (χ0v) is 16.1. The van der Waals surface area contributed by atoms with Crippen LogP contribution in [0, 0.1) is 6.92 Å². The van der Waals surface area contributed by atoms with Crippen molar-refractivity contribution in [1.29, 1.82) is 0 Å². The Morgan fingerprint density at radius 1 is 1.19 bits per heavy atom. The van der Waals surface area contributed by atoms with E-state index in [1.165, 1.54) is 0 Å². The molecule has 0 spiro atoms. The van der Waals surface area contributed by atoms with Gasteiger partial charge in [-0.15, -0.1) is 0 Å². The second-order valence-corrected chi connectivity index (χ2v) is 7.24. The molecule has 2 aromatic rings. The van der Waals surface area contributed by atoms with Crippen molar-refractivity contribution >= 4 is 11.5 Å². The highest BCUT2D eigenvalue weighted by molar-refractivity contribution is 5.97. The molecule has 0 unspecified atom stereocenters. The van der Waals surface area contributed by atoms with Gasteiger partial charge in [-0.05, 0) is 55.5 Å². The topological polar surface area (TPSA) is 49.8 Å².